The average molecular weight is 417 g/mol. The molecular weight excluding hydrogens is 400 g/mol. The molecule has 7 nitrogen and oxygen atoms in total. The molecule has 148 valence electrons. The minimum atomic E-state index is -0.297. The summed E-state index contributed by atoms with van der Waals surface area (Å²) < 4.78 is 0. The van der Waals surface area contributed by atoms with Gasteiger partial charge in [0.05, 0.1) is 27.6 Å². The van der Waals surface area contributed by atoms with Crippen LogP contribution in [0.4, 0.5) is 0 Å². The van der Waals surface area contributed by atoms with E-state index in [1.807, 2.05) is 55.5 Å². The molecule has 3 N–H and O–H groups in total. The van der Waals surface area contributed by atoms with E-state index in [0.29, 0.717) is 21.6 Å². The van der Waals surface area contributed by atoms with Gasteiger partial charge in [0.1, 0.15) is 5.69 Å². The van der Waals surface area contributed by atoms with E-state index < -0.39 is 0 Å². The topological polar surface area (TPSA) is 99.3 Å². The second-order valence-electron chi connectivity index (χ2n) is 7.01. The van der Waals surface area contributed by atoms with Crippen molar-refractivity contribution in [3.63, 3.8) is 0 Å². The summed E-state index contributed by atoms with van der Waals surface area (Å²) in [5.41, 5.74) is 4.55. The van der Waals surface area contributed by atoms with Gasteiger partial charge in [-0.3, -0.25) is 14.9 Å². The van der Waals surface area contributed by atoms with E-state index in [1.165, 1.54) is 0 Å². The summed E-state index contributed by atoms with van der Waals surface area (Å²) >= 11 is 6.61. The van der Waals surface area contributed by atoms with Crippen LogP contribution in [0.2, 0.25) is 5.02 Å². The number of carbonyl (C=O) groups is 1. The van der Waals surface area contributed by atoms with Crippen molar-refractivity contribution >= 4 is 39.4 Å². The SMILES string of the molecule is C[C@@H](NC(=O)c1nc2cc3c(-c4ccncc4)n[nH]c3c(Cl)c2[nH]1)c1ccccc1. The van der Waals surface area contributed by atoms with E-state index in [9.17, 15) is 4.79 Å². The van der Waals surface area contributed by atoms with Crippen molar-refractivity contribution in [1.29, 1.82) is 0 Å². The second kappa shape index (κ2) is 7.27. The molecule has 0 fully saturated rings. The highest BCUT2D eigenvalue weighted by Gasteiger charge is 2.20. The highest BCUT2D eigenvalue weighted by atomic mass is 35.5. The van der Waals surface area contributed by atoms with Gasteiger partial charge < -0.3 is 10.3 Å². The quantitative estimate of drug-likeness (QED) is 0.397. The molecule has 1 amide bonds. The molecule has 30 heavy (non-hydrogen) atoms. The van der Waals surface area contributed by atoms with Crippen LogP contribution in [-0.2, 0) is 0 Å². The number of H-pyrrole nitrogens is 2. The molecule has 8 heteroatoms. The van der Waals surface area contributed by atoms with E-state index >= 15 is 0 Å². The van der Waals surface area contributed by atoms with E-state index in [0.717, 1.165) is 22.2 Å². The third-order valence-electron chi connectivity index (χ3n) is 5.07. The van der Waals surface area contributed by atoms with Crippen LogP contribution in [-0.4, -0.2) is 31.1 Å². The number of nitrogens with zero attached hydrogens (tertiary/aromatic N) is 3. The first-order chi connectivity index (χ1) is 14.6. The van der Waals surface area contributed by atoms with Crippen molar-refractivity contribution in [2.75, 3.05) is 0 Å². The Hall–Kier alpha value is -3.71. The Morgan fingerprint density at radius 2 is 1.87 bits per heavy atom. The highest BCUT2D eigenvalue weighted by Crippen LogP contribution is 2.35. The number of hydrogen-bond acceptors (Lipinski definition) is 4. The van der Waals surface area contributed by atoms with Crippen LogP contribution in [0, 0.1) is 0 Å². The van der Waals surface area contributed by atoms with Gasteiger partial charge in [0.15, 0.2) is 5.82 Å². The molecule has 5 rings (SSSR count). The maximum atomic E-state index is 12.8. The Bertz CT molecular complexity index is 1360. The van der Waals surface area contributed by atoms with Crippen molar-refractivity contribution < 1.29 is 4.79 Å². The zero-order valence-corrected chi connectivity index (χ0v) is 16.7. The second-order valence-corrected chi connectivity index (χ2v) is 7.38. The fraction of sp³-hybridized carbons (Fsp3) is 0.0909. The van der Waals surface area contributed by atoms with E-state index in [1.54, 1.807) is 12.4 Å². The first-order valence-electron chi connectivity index (χ1n) is 9.44. The lowest BCUT2D eigenvalue weighted by molar-refractivity contribution is 0.0930. The maximum absolute atomic E-state index is 12.8. The molecule has 0 spiro atoms. The van der Waals surface area contributed by atoms with Crippen LogP contribution in [0.25, 0.3) is 33.2 Å². The van der Waals surface area contributed by atoms with Crippen molar-refractivity contribution in [3.8, 4) is 11.3 Å². The number of fused-ring (bicyclic) bond motifs is 2. The highest BCUT2D eigenvalue weighted by molar-refractivity contribution is 6.40. The van der Waals surface area contributed by atoms with Gasteiger partial charge in [-0.2, -0.15) is 5.10 Å². The molecule has 3 aromatic heterocycles. The number of amides is 1. The Labute approximate surface area is 176 Å². The lowest BCUT2D eigenvalue weighted by atomic mass is 10.1. The minimum absolute atomic E-state index is 0.153. The first kappa shape index (κ1) is 18.3. The van der Waals surface area contributed by atoms with Gasteiger partial charge in [-0.05, 0) is 30.7 Å². The van der Waals surface area contributed by atoms with Crippen molar-refractivity contribution in [2.45, 2.75) is 13.0 Å². The smallest absolute Gasteiger partial charge is 0.287 e. The summed E-state index contributed by atoms with van der Waals surface area (Å²) in [6.07, 6.45) is 3.42. The van der Waals surface area contributed by atoms with Crippen LogP contribution in [0.15, 0.2) is 60.9 Å². The largest absolute Gasteiger partial charge is 0.343 e. The predicted octanol–water partition coefficient (Wildman–Crippen LogP) is 4.65. The average Bonchev–Trinajstić information content (AvgIpc) is 3.40. The Balaban J connectivity index is 1.52. The molecule has 0 unspecified atom stereocenters. The zero-order chi connectivity index (χ0) is 20.7. The monoisotopic (exact) mass is 416 g/mol. The number of nitrogens with one attached hydrogen (secondary N) is 3. The number of pyridine rings is 1. The number of benzene rings is 2. The minimum Gasteiger partial charge on any atom is -0.343 e. The summed E-state index contributed by atoms with van der Waals surface area (Å²) in [6, 6.07) is 15.2. The van der Waals surface area contributed by atoms with Crippen LogP contribution < -0.4 is 5.32 Å². The molecule has 0 aliphatic carbocycles. The lowest BCUT2D eigenvalue weighted by Gasteiger charge is -2.12. The number of halogens is 1. The molecule has 0 aliphatic heterocycles. The number of imidazole rings is 1. The Kier molecular flexibility index (Phi) is 4.44. The van der Waals surface area contributed by atoms with E-state index in [2.05, 4.69) is 30.5 Å². The number of carbonyl (C=O) groups excluding carboxylic acids is 1. The van der Waals surface area contributed by atoms with Gasteiger partial charge in [0.2, 0.25) is 0 Å². The van der Waals surface area contributed by atoms with Gasteiger partial charge >= 0.3 is 0 Å². The summed E-state index contributed by atoms with van der Waals surface area (Å²) in [5.74, 6) is -0.0875. The fourth-order valence-electron chi connectivity index (χ4n) is 3.51. The molecule has 0 saturated heterocycles. The molecule has 3 heterocycles. The third-order valence-corrected chi connectivity index (χ3v) is 5.45. The summed E-state index contributed by atoms with van der Waals surface area (Å²) in [5, 5.41) is 11.6. The fourth-order valence-corrected chi connectivity index (χ4v) is 3.79. The van der Waals surface area contributed by atoms with Gasteiger partial charge in [0, 0.05) is 23.3 Å². The lowest BCUT2D eigenvalue weighted by Crippen LogP contribution is -2.27. The van der Waals surface area contributed by atoms with Gasteiger partial charge in [-0.25, -0.2) is 4.98 Å². The van der Waals surface area contributed by atoms with Crippen LogP contribution in [0.5, 0.6) is 0 Å². The summed E-state index contributed by atoms with van der Waals surface area (Å²) in [4.78, 5) is 24.3. The molecular formula is C22H17ClN6O. The molecule has 0 radical (unpaired) electrons. The molecule has 0 bridgehead atoms. The molecule has 0 aliphatic rings. The number of aromatic nitrogens is 5. The maximum Gasteiger partial charge on any atom is 0.287 e. The van der Waals surface area contributed by atoms with Crippen molar-refractivity contribution in [2.24, 2.45) is 0 Å². The third kappa shape index (κ3) is 3.09. The van der Waals surface area contributed by atoms with Gasteiger partial charge in [-0.1, -0.05) is 41.9 Å². The number of hydrogen-bond donors (Lipinski definition) is 3. The molecule has 5 aromatic rings. The standard InChI is InChI=1S/C22H17ClN6O/c1-12(13-5-3-2-4-6-13)25-22(30)21-26-16-11-15-18(14-7-9-24-10-8-14)28-29-19(15)17(23)20(16)27-21/h2-12H,1H3,(H,25,30)(H,26,27)(H,28,29)/t12-/m1/s1. The summed E-state index contributed by atoms with van der Waals surface area (Å²) in [6.45, 7) is 1.93. The normalized spacial score (nSPS) is 12.3. The zero-order valence-electron chi connectivity index (χ0n) is 16.0. The molecule has 1 atom stereocenters. The van der Waals surface area contributed by atoms with Crippen molar-refractivity contribution in [3.05, 3.63) is 77.3 Å². The van der Waals surface area contributed by atoms with E-state index in [-0.39, 0.29) is 17.8 Å². The summed E-state index contributed by atoms with van der Waals surface area (Å²) in [7, 11) is 0. The van der Waals surface area contributed by atoms with Crippen molar-refractivity contribution in [1.82, 2.24) is 30.5 Å². The van der Waals surface area contributed by atoms with Crippen LogP contribution >= 0.6 is 11.6 Å². The van der Waals surface area contributed by atoms with Crippen LogP contribution in [0.1, 0.15) is 29.1 Å². The predicted molar refractivity (Wildman–Crippen MR) is 116 cm³/mol. The number of rotatable bonds is 4. The number of aromatic amines is 2. The molecule has 0 saturated carbocycles. The van der Waals surface area contributed by atoms with Gasteiger partial charge in [-0.15, -0.1) is 0 Å². The first-order valence-corrected chi connectivity index (χ1v) is 9.82. The molecule has 2 aromatic carbocycles. The Morgan fingerprint density at radius 1 is 1.10 bits per heavy atom. The van der Waals surface area contributed by atoms with Gasteiger partial charge in [0.25, 0.3) is 5.91 Å². The van der Waals surface area contributed by atoms with E-state index in [4.69, 9.17) is 11.6 Å². The van der Waals surface area contributed by atoms with Crippen LogP contribution in [0.3, 0.4) is 0 Å². The Morgan fingerprint density at radius 3 is 2.63 bits per heavy atom.